The Bertz CT molecular complexity index is 1740. The van der Waals surface area contributed by atoms with Crippen LogP contribution in [0.4, 0.5) is 13.2 Å². The first-order valence-electron chi connectivity index (χ1n) is 14.6. The molecule has 0 N–H and O–H groups in total. The summed E-state index contributed by atoms with van der Waals surface area (Å²) in [5.74, 6) is -5.14. The quantitative estimate of drug-likeness (QED) is 0.266. The Morgan fingerprint density at radius 3 is 2.25 bits per heavy atom. The minimum absolute atomic E-state index is 0.0848. The third-order valence-electron chi connectivity index (χ3n) is 8.64. The summed E-state index contributed by atoms with van der Waals surface area (Å²) in [6.45, 7) is 1.28. The second-order valence-corrected chi connectivity index (χ2v) is 13.7. The van der Waals surface area contributed by atoms with Crippen molar-refractivity contribution < 1.29 is 26.4 Å². The van der Waals surface area contributed by atoms with E-state index in [-0.39, 0.29) is 22.9 Å². The van der Waals surface area contributed by atoms with E-state index in [2.05, 4.69) is 10.00 Å². The highest BCUT2D eigenvalue weighted by molar-refractivity contribution is 7.90. The summed E-state index contributed by atoms with van der Waals surface area (Å²) >= 11 is 0. The van der Waals surface area contributed by atoms with E-state index >= 15 is 8.78 Å². The zero-order chi connectivity index (χ0) is 31.1. The van der Waals surface area contributed by atoms with Gasteiger partial charge in [0.15, 0.2) is 9.84 Å². The van der Waals surface area contributed by atoms with Gasteiger partial charge in [0.2, 0.25) is 0 Å². The number of halogens is 3. The van der Waals surface area contributed by atoms with Gasteiger partial charge in [-0.05, 0) is 73.5 Å². The van der Waals surface area contributed by atoms with Crippen LogP contribution < -0.4 is 0 Å². The monoisotopic (exact) mass is 622 g/mol. The number of hydrogen-bond donors (Lipinski definition) is 0. The largest absolute Gasteiger partial charge is 0.332 e. The first-order chi connectivity index (χ1) is 21.0. The van der Waals surface area contributed by atoms with E-state index in [1.54, 1.807) is 59.3 Å². The van der Waals surface area contributed by atoms with Crippen LogP contribution in [0.3, 0.4) is 0 Å². The molecular weight excluding hydrogens is 589 g/mol. The highest BCUT2D eigenvalue weighted by Gasteiger charge is 2.50. The Hall–Kier alpha value is -3.96. The number of carbonyl (C=O) groups excluding carboxylic acids is 1. The second-order valence-electron chi connectivity index (χ2n) is 11.7. The number of sulfone groups is 1. The van der Waals surface area contributed by atoms with Gasteiger partial charge >= 0.3 is 0 Å². The minimum Gasteiger partial charge on any atom is -0.332 e. The van der Waals surface area contributed by atoms with Crippen molar-refractivity contribution in [2.75, 3.05) is 32.4 Å². The number of hydrogen-bond acceptors (Lipinski definition) is 5. The lowest BCUT2D eigenvalue weighted by molar-refractivity contribution is -0.00244. The van der Waals surface area contributed by atoms with Crippen molar-refractivity contribution in [3.63, 3.8) is 0 Å². The smallest absolute Gasteiger partial charge is 0.273 e. The fraction of sp³-hybridized carbons (Fsp3) is 0.333. The Balaban J connectivity index is 1.24. The molecule has 2 saturated heterocycles. The fourth-order valence-corrected chi connectivity index (χ4v) is 6.94. The molecule has 0 saturated carbocycles. The summed E-state index contributed by atoms with van der Waals surface area (Å²) in [5, 5.41) is 4.51. The molecule has 230 valence electrons. The summed E-state index contributed by atoms with van der Waals surface area (Å²) in [5.41, 5.74) is 3.00. The summed E-state index contributed by atoms with van der Waals surface area (Å²) in [4.78, 5) is 17.7. The maximum Gasteiger partial charge on any atom is 0.273 e. The van der Waals surface area contributed by atoms with Gasteiger partial charge in [0.05, 0.1) is 40.5 Å². The lowest BCUT2D eigenvalue weighted by atomic mass is 9.90. The molecule has 0 bridgehead atoms. The van der Waals surface area contributed by atoms with Gasteiger partial charge in [0, 0.05) is 25.3 Å². The van der Waals surface area contributed by atoms with Gasteiger partial charge in [0.1, 0.15) is 5.82 Å². The van der Waals surface area contributed by atoms with E-state index in [0.717, 1.165) is 5.56 Å². The normalized spacial score (nSPS) is 19.4. The Morgan fingerprint density at radius 2 is 1.61 bits per heavy atom. The Kier molecular flexibility index (Phi) is 8.10. The molecule has 3 heterocycles. The molecule has 1 aromatic heterocycles. The van der Waals surface area contributed by atoms with Crippen molar-refractivity contribution in [3.8, 4) is 5.69 Å². The van der Waals surface area contributed by atoms with Gasteiger partial charge < -0.3 is 4.90 Å². The van der Waals surface area contributed by atoms with Crippen LogP contribution in [-0.2, 0) is 16.4 Å². The van der Waals surface area contributed by atoms with Crippen molar-refractivity contribution in [1.82, 2.24) is 19.6 Å². The van der Waals surface area contributed by atoms with Gasteiger partial charge in [-0.15, -0.1) is 0 Å². The predicted molar refractivity (Wildman–Crippen MR) is 160 cm³/mol. The van der Waals surface area contributed by atoms with Gasteiger partial charge in [-0.3, -0.25) is 9.69 Å². The number of rotatable bonds is 7. The van der Waals surface area contributed by atoms with Crippen molar-refractivity contribution in [2.24, 2.45) is 0 Å². The van der Waals surface area contributed by atoms with Crippen LogP contribution in [-0.4, -0.2) is 72.3 Å². The molecule has 7 nitrogen and oxygen atoms in total. The molecule has 0 unspecified atom stereocenters. The van der Waals surface area contributed by atoms with Gasteiger partial charge in [-0.25, -0.2) is 26.3 Å². The zero-order valence-corrected chi connectivity index (χ0v) is 25.1. The third-order valence-corrected chi connectivity index (χ3v) is 9.77. The van der Waals surface area contributed by atoms with Crippen molar-refractivity contribution in [3.05, 3.63) is 113 Å². The summed E-state index contributed by atoms with van der Waals surface area (Å²) in [6.07, 6.45) is 4.01. The molecule has 0 spiro atoms. The number of piperidine rings is 1. The van der Waals surface area contributed by atoms with Gasteiger partial charge in [0.25, 0.3) is 11.8 Å². The van der Waals surface area contributed by atoms with E-state index in [0.29, 0.717) is 49.4 Å². The van der Waals surface area contributed by atoms with Crippen LogP contribution in [0.15, 0.2) is 90.0 Å². The van der Waals surface area contributed by atoms with Crippen LogP contribution in [0.2, 0.25) is 0 Å². The molecule has 2 aliphatic heterocycles. The molecule has 44 heavy (non-hydrogen) atoms. The van der Waals surface area contributed by atoms with Crippen LogP contribution in [0.1, 0.15) is 51.9 Å². The molecular formula is C33H33F3N4O3S. The molecule has 3 aromatic carbocycles. The molecule has 4 aromatic rings. The number of carbonyl (C=O) groups is 1. The van der Waals surface area contributed by atoms with Gasteiger partial charge in [-0.2, -0.15) is 5.10 Å². The molecule has 6 rings (SSSR count). The molecule has 1 amide bonds. The second kappa shape index (κ2) is 11.9. The van der Waals surface area contributed by atoms with Crippen molar-refractivity contribution >= 4 is 15.7 Å². The summed E-state index contributed by atoms with van der Waals surface area (Å²) < 4.78 is 69.4. The maximum atomic E-state index is 15.2. The van der Waals surface area contributed by atoms with Crippen LogP contribution >= 0.6 is 0 Å². The van der Waals surface area contributed by atoms with Gasteiger partial charge in [-0.1, -0.05) is 42.5 Å². The first-order valence-corrected chi connectivity index (χ1v) is 16.5. The third kappa shape index (κ3) is 6.16. The van der Waals surface area contributed by atoms with E-state index in [1.807, 2.05) is 12.1 Å². The van der Waals surface area contributed by atoms with Crippen LogP contribution in [0.25, 0.3) is 5.69 Å². The number of alkyl halides is 2. The van der Waals surface area contributed by atoms with Crippen molar-refractivity contribution in [2.45, 2.75) is 42.0 Å². The number of benzene rings is 3. The number of amides is 1. The van der Waals surface area contributed by atoms with E-state index in [4.69, 9.17) is 0 Å². The predicted octanol–water partition coefficient (Wildman–Crippen LogP) is 5.67. The maximum absolute atomic E-state index is 15.2. The molecule has 0 aliphatic carbocycles. The van der Waals surface area contributed by atoms with E-state index in [9.17, 15) is 17.6 Å². The fourth-order valence-electron chi connectivity index (χ4n) is 6.31. The topological polar surface area (TPSA) is 75.5 Å². The van der Waals surface area contributed by atoms with Crippen molar-refractivity contribution in [1.29, 1.82) is 0 Å². The summed E-state index contributed by atoms with van der Waals surface area (Å²) in [6, 6.07) is 21.2. The number of nitrogens with zero attached hydrogens (tertiary/aromatic N) is 4. The Labute approximate surface area is 254 Å². The highest BCUT2D eigenvalue weighted by Crippen LogP contribution is 2.41. The standard InChI is InChI=1S/C33H33F3N4O3S/c1-44(42,43)28-13-7-23(8-14-28)20-38-17-15-25(16-18-38)31-29(19-37-40(31)27-11-9-26(34)10-12-27)32(41)39-21-30(33(35,36)22-39)24-5-3-2-4-6-24/h2-14,19,25,30H,15-18,20-22H2,1H3/t30-/m0/s1. The minimum atomic E-state index is -3.27. The number of likely N-dealkylation sites (tertiary alicyclic amines) is 2. The molecule has 2 fully saturated rings. The summed E-state index contributed by atoms with van der Waals surface area (Å²) in [7, 11) is -3.27. The average Bonchev–Trinajstić information content (AvgIpc) is 3.59. The lowest BCUT2D eigenvalue weighted by Gasteiger charge is -2.33. The van der Waals surface area contributed by atoms with E-state index in [1.165, 1.54) is 29.5 Å². The SMILES string of the molecule is CS(=O)(=O)c1ccc(CN2CCC(c3c(C(=O)N4C[C@@H](c5ccccc5)C(F)(F)C4)cnn3-c3ccc(F)cc3)CC2)cc1. The first kappa shape index (κ1) is 30.1. The highest BCUT2D eigenvalue weighted by atomic mass is 32.2. The molecule has 2 aliphatic rings. The number of aromatic nitrogens is 2. The average molecular weight is 623 g/mol. The molecule has 11 heteroatoms. The Morgan fingerprint density at radius 1 is 0.955 bits per heavy atom. The zero-order valence-electron chi connectivity index (χ0n) is 24.2. The van der Waals surface area contributed by atoms with Crippen LogP contribution in [0.5, 0.6) is 0 Å². The molecule has 1 atom stereocenters. The molecule has 0 radical (unpaired) electrons. The lowest BCUT2D eigenvalue weighted by Crippen LogP contribution is -2.35. The van der Waals surface area contributed by atoms with Crippen LogP contribution in [0, 0.1) is 5.82 Å². The van der Waals surface area contributed by atoms with E-state index < -0.39 is 39.9 Å².